The number of amides is 1. The van der Waals surface area contributed by atoms with Gasteiger partial charge in [-0.25, -0.2) is 5.43 Å². The molecule has 1 amide bonds. The highest BCUT2D eigenvalue weighted by atomic mass is 79.9. The summed E-state index contributed by atoms with van der Waals surface area (Å²) in [5.74, 6) is -0.351. The zero-order valence-corrected chi connectivity index (χ0v) is 16.3. The highest BCUT2D eigenvalue weighted by Crippen LogP contribution is 2.12. The van der Waals surface area contributed by atoms with Crippen LogP contribution in [-0.2, 0) is 6.54 Å². The number of aromatic nitrogens is 2. The van der Waals surface area contributed by atoms with E-state index in [1.165, 1.54) is 0 Å². The Balaban J connectivity index is 1.63. The molecule has 3 rings (SSSR count). The smallest absolute Gasteiger partial charge is 0.268 e. The summed E-state index contributed by atoms with van der Waals surface area (Å²) in [5.41, 5.74) is 5.55. The van der Waals surface area contributed by atoms with Gasteiger partial charge in [0.25, 0.3) is 5.91 Å². The summed E-state index contributed by atoms with van der Waals surface area (Å²) in [4.78, 5) is 12.2. The molecule has 0 fully saturated rings. The minimum atomic E-state index is -0.351. The van der Waals surface area contributed by atoms with E-state index in [-0.39, 0.29) is 5.91 Å². The van der Waals surface area contributed by atoms with Crippen LogP contribution in [0.1, 0.15) is 28.5 Å². The number of benzene rings is 2. The molecule has 0 radical (unpaired) electrons. The lowest BCUT2D eigenvalue weighted by Gasteiger charge is -2.03. The van der Waals surface area contributed by atoms with Gasteiger partial charge in [0.2, 0.25) is 0 Å². The summed E-state index contributed by atoms with van der Waals surface area (Å²) in [7, 11) is 0. The van der Waals surface area contributed by atoms with Crippen LogP contribution in [0.3, 0.4) is 0 Å². The number of nitrogens with zero attached hydrogens (tertiary/aromatic N) is 3. The SMILES string of the molecule is C/C(=N/NC(=O)c1ccn(Cc2ccc(Cl)cc2)n1)c1ccc(Br)cc1. The van der Waals surface area contributed by atoms with E-state index in [9.17, 15) is 4.79 Å². The molecule has 2 aromatic carbocycles. The Morgan fingerprint density at radius 3 is 2.54 bits per heavy atom. The number of rotatable bonds is 5. The summed E-state index contributed by atoms with van der Waals surface area (Å²) >= 11 is 9.27. The second-order valence-corrected chi connectivity index (χ2v) is 7.02. The average Bonchev–Trinajstić information content (AvgIpc) is 3.10. The zero-order chi connectivity index (χ0) is 18.5. The van der Waals surface area contributed by atoms with Gasteiger partial charge in [-0.05, 0) is 48.4 Å². The minimum absolute atomic E-state index is 0.311. The van der Waals surface area contributed by atoms with Crippen molar-refractivity contribution in [1.29, 1.82) is 0 Å². The van der Waals surface area contributed by atoms with Gasteiger partial charge < -0.3 is 0 Å². The summed E-state index contributed by atoms with van der Waals surface area (Å²) < 4.78 is 2.69. The van der Waals surface area contributed by atoms with Crippen LogP contribution in [0.4, 0.5) is 0 Å². The minimum Gasteiger partial charge on any atom is -0.268 e. The van der Waals surface area contributed by atoms with Crippen LogP contribution in [0.2, 0.25) is 5.02 Å². The molecule has 3 aromatic rings. The lowest BCUT2D eigenvalue weighted by molar-refractivity contribution is 0.0949. The molecular weight excluding hydrogens is 416 g/mol. The number of hydrogen-bond donors (Lipinski definition) is 1. The molecule has 0 bridgehead atoms. The van der Waals surface area contributed by atoms with E-state index in [1.807, 2.05) is 55.5 Å². The maximum Gasteiger partial charge on any atom is 0.291 e. The Bertz CT molecular complexity index is 933. The van der Waals surface area contributed by atoms with Gasteiger partial charge in [-0.15, -0.1) is 0 Å². The lowest BCUT2D eigenvalue weighted by atomic mass is 10.1. The van der Waals surface area contributed by atoms with Crippen molar-refractivity contribution in [2.45, 2.75) is 13.5 Å². The standard InChI is InChI=1S/C19H16BrClN4O/c1-13(15-4-6-16(20)7-5-15)22-23-19(26)18-10-11-25(24-18)12-14-2-8-17(21)9-3-14/h2-11H,12H2,1H3,(H,23,26)/b22-13-. The molecule has 132 valence electrons. The van der Waals surface area contributed by atoms with Gasteiger partial charge >= 0.3 is 0 Å². The van der Waals surface area contributed by atoms with E-state index in [1.54, 1.807) is 16.9 Å². The number of halogens is 2. The lowest BCUT2D eigenvalue weighted by Crippen LogP contribution is -2.20. The van der Waals surface area contributed by atoms with Crippen molar-refractivity contribution in [3.05, 3.63) is 87.1 Å². The van der Waals surface area contributed by atoms with Crippen LogP contribution < -0.4 is 5.43 Å². The molecule has 1 N–H and O–H groups in total. The summed E-state index contributed by atoms with van der Waals surface area (Å²) in [6, 6.07) is 16.9. The van der Waals surface area contributed by atoms with Crippen LogP contribution in [0, 0.1) is 0 Å². The van der Waals surface area contributed by atoms with Crippen LogP contribution in [0.15, 0.2) is 70.4 Å². The second-order valence-electron chi connectivity index (χ2n) is 5.67. The average molecular weight is 432 g/mol. The van der Waals surface area contributed by atoms with Crippen molar-refractivity contribution in [3.63, 3.8) is 0 Å². The normalized spacial score (nSPS) is 11.4. The topological polar surface area (TPSA) is 59.3 Å². The molecule has 0 atom stereocenters. The van der Waals surface area contributed by atoms with Crippen LogP contribution in [0.25, 0.3) is 0 Å². The molecule has 0 aliphatic carbocycles. The highest BCUT2D eigenvalue weighted by Gasteiger charge is 2.09. The third-order valence-electron chi connectivity index (χ3n) is 3.72. The maximum atomic E-state index is 12.2. The molecule has 0 unspecified atom stereocenters. The van der Waals surface area contributed by atoms with Crippen molar-refractivity contribution in [3.8, 4) is 0 Å². The van der Waals surface area contributed by atoms with Gasteiger partial charge in [-0.3, -0.25) is 9.48 Å². The largest absolute Gasteiger partial charge is 0.291 e. The maximum absolute atomic E-state index is 12.2. The predicted molar refractivity (Wildman–Crippen MR) is 107 cm³/mol. The number of hydrazone groups is 1. The fourth-order valence-corrected chi connectivity index (χ4v) is 2.69. The number of carbonyl (C=O) groups excluding carboxylic acids is 1. The molecule has 0 saturated heterocycles. The fourth-order valence-electron chi connectivity index (χ4n) is 2.30. The first-order valence-electron chi connectivity index (χ1n) is 7.90. The van der Waals surface area contributed by atoms with Gasteiger partial charge in [0, 0.05) is 15.7 Å². The number of carbonyl (C=O) groups is 1. The summed E-state index contributed by atoms with van der Waals surface area (Å²) in [6.07, 6.45) is 1.76. The van der Waals surface area contributed by atoms with Crippen molar-refractivity contribution < 1.29 is 4.79 Å². The van der Waals surface area contributed by atoms with Gasteiger partial charge in [-0.1, -0.05) is 51.8 Å². The third kappa shape index (κ3) is 4.80. The molecule has 1 aromatic heterocycles. The van der Waals surface area contributed by atoms with Gasteiger partial charge in [0.05, 0.1) is 12.3 Å². The first-order chi connectivity index (χ1) is 12.5. The van der Waals surface area contributed by atoms with Crippen molar-refractivity contribution in [2.75, 3.05) is 0 Å². The van der Waals surface area contributed by atoms with Gasteiger partial charge in [0.1, 0.15) is 0 Å². The molecule has 0 saturated carbocycles. The van der Waals surface area contributed by atoms with Crippen LogP contribution in [-0.4, -0.2) is 21.4 Å². The molecule has 26 heavy (non-hydrogen) atoms. The van der Waals surface area contributed by atoms with Crippen LogP contribution >= 0.6 is 27.5 Å². The van der Waals surface area contributed by atoms with E-state index >= 15 is 0 Å². The second kappa shape index (κ2) is 8.29. The fraction of sp³-hybridized carbons (Fsp3) is 0.105. The van der Waals surface area contributed by atoms with Gasteiger partial charge in [0.15, 0.2) is 5.69 Å². The Morgan fingerprint density at radius 1 is 1.15 bits per heavy atom. The molecule has 7 heteroatoms. The van der Waals surface area contributed by atoms with E-state index < -0.39 is 0 Å². The Hall–Kier alpha value is -2.44. The number of hydrogen-bond acceptors (Lipinski definition) is 3. The first-order valence-corrected chi connectivity index (χ1v) is 9.07. The summed E-state index contributed by atoms with van der Waals surface area (Å²) in [6.45, 7) is 2.40. The Labute approximate surface area is 164 Å². The van der Waals surface area contributed by atoms with E-state index in [4.69, 9.17) is 11.6 Å². The van der Waals surface area contributed by atoms with Gasteiger partial charge in [-0.2, -0.15) is 10.2 Å². The Morgan fingerprint density at radius 2 is 1.85 bits per heavy atom. The molecule has 5 nitrogen and oxygen atoms in total. The van der Waals surface area contributed by atoms with E-state index in [0.29, 0.717) is 23.0 Å². The van der Waals surface area contributed by atoms with Crippen molar-refractivity contribution in [2.24, 2.45) is 5.10 Å². The first kappa shape index (κ1) is 18.4. The predicted octanol–water partition coefficient (Wildman–Crippen LogP) is 4.50. The molecule has 0 aliphatic heterocycles. The summed E-state index contributed by atoms with van der Waals surface area (Å²) in [5, 5.41) is 9.12. The molecule has 0 aliphatic rings. The monoisotopic (exact) mass is 430 g/mol. The molecular formula is C19H16BrClN4O. The van der Waals surface area contributed by atoms with Crippen molar-refractivity contribution in [1.82, 2.24) is 15.2 Å². The molecule has 1 heterocycles. The van der Waals surface area contributed by atoms with E-state index in [2.05, 4.69) is 31.6 Å². The number of nitrogens with one attached hydrogen (secondary N) is 1. The molecule has 0 spiro atoms. The highest BCUT2D eigenvalue weighted by molar-refractivity contribution is 9.10. The van der Waals surface area contributed by atoms with E-state index in [0.717, 1.165) is 15.6 Å². The van der Waals surface area contributed by atoms with Crippen LogP contribution in [0.5, 0.6) is 0 Å². The zero-order valence-electron chi connectivity index (χ0n) is 14.0. The Kier molecular flexibility index (Phi) is 5.85. The van der Waals surface area contributed by atoms with Crippen molar-refractivity contribution >= 4 is 39.1 Å². The third-order valence-corrected chi connectivity index (χ3v) is 4.50. The quantitative estimate of drug-likeness (QED) is 0.477.